The van der Waals surface area contributed by atoms with E-state index in [1.54, 1.807) is 0 Å². The van der Waals surface area contributed by atoms with Crippen molar-refractivity contribution in [1.29, 1.82) is 0 Å². The molecule has 1 aliphatic carbocycles. The van der Waals surface area contributed by atoms with Gasteiger partial charge >= 0.3 is 0 Å². The van der Waals surface area contributed by atoms with Crippen LogP contribution in [0.15, 0.2) is 540 Å². The molecular weight excluding hydrogens is 1740 g/mol. The molecule has 684 valence electrons. The first-order valence-electron chi connectivity index (χ1n) is 49.7. The number of anilines is 4. The average Bonchev–Trinajstić information content (AvgIpc) is 1.56. The Labute approximate surface area is 837 Å². The van der Waals surface area contributed by atoms with Crippen LogP contribution in [0, 0.1) is 0 Å². The van der Waals surface area contributed by atoms with Crippen LogP contribution in [0.1, 0.15) is 47.2 Å². The van der Waals surface area contributed by atoms with Gasteiger partial charge < -0.3 is 33.5 Å². The first kappa shape index (κ1) is 87.0. The van der Waals surface area contributed by atoms with Crippen LogP contribution in [0.4, 0.5) is 22.7 Å². The van der Waals surface area contributed by atoms with E-state index in [9.17, 15) is 0 Å². The topological polar surface area (TPSA) is 48.7 Å². The highest BCUT2D eigenvalue weighted by Gasteiger charge is 2.35. The number of hydrogen-bond acceptors (Lipinski definition) is 2. The fourth-order valence-corrected chi connectivity index (χ4v) is 22.0. The maximum absolute atomic E-state index is 3.74. The molecule has 5 aromatic heterocycles. The van der Waals surface area contributed by atoms with E-state index in [0.717, 1.165) is 52.7 Å². The molecule has 0 fully saturated rings. The van der Waals surface area contributed by atoms with Crippen molar-refractivity contribution in [2.45, 2.75) is 32.1 Å². The van der Waals surface area contributed by atoms with Gasteiger partial charge in [-0.1, -0.05) is 402 Å². The molecule has 0 unspecified atom stereocenters. The lowest BCUT2D eigenvalue weighted by Crippen LogP contribution is -2.15. The van der Waals surface area contributed by atoms with Crippen LogP contribution in [-0.4, -0.2) is 22.8 Å². The number of fused-ring (bicyclic) bond motifs is 18. The Kier molecular flexibility index (Phi) is 22.7. The molecule has 0 atom stereocenters. The predicted octanol–water partition coefficient (Wildman–Crippen LogP) is 36.2. The monoisotopic (exact) mass is 1840 g/mol. The highest BCUT2D eigenvalue weighted by Crippen LogP contribution is 2.50. The summed E-state index contributed by atoms with van der Waals surface area (Å²) in [5.74, 6) is 0. The second-order valence-corrected chi connectivity index (χ2v) is 38.1. The van der Waals surface area contributed by atoms with Crippen molar-refractivity contribution in [1.82, 2.24) is 22.8 Å². The zero-order chi connectivity index (χ0) is 96.0. The van der Waals surface area contributed by atoms with Gasteiger partial charge in [-0.3, -0.25) is 0 Å². The Morgan fingerprint density at radius 2 is 0.396 bits per heavy atom. The van der Waals surface area contributed by atoms with Crippen molar-refractivity contribution in [2.24, 2.45) is 0 Å². The molecular formula is C137H101N7. The molecule has 1 aliphatic rings. The minimum Gasteiger partial charge on any atom is -0.355 e. The predicted molar refractivity (Wildman–Crippen MR) is 609 cm³/mol. The van der Waals surface area contributed by atoms with Crippen molar-refractivity contribution < 1.29 is 0 Å². The van der Waals surface area contributed by atoms with Crippen LogP contribution in [0.25, 0.3) is 182 Å². The van der Waals surface area contributed by atoms with Crippen LogP contribution in [0.2, 0.25) is 0 Å². The number of rotatable bonds is 16. The molecule has 28 rings (SSSR count). The van der Waals surface area contributed by atoms with E-state index in [1.807, 2.05) is 18.2 Å². The zero-order valence-corrected chi connectivity index (χ0v) is 80.0. The fraction of sp³-hybridized carbons (Fsp3) is 0.0365. The third-order valence-corrected chi connectivity index (χ3v) is 28.9. The smallest absolute Gasteiger partial charge is 0.0561 e. The second kappa shape index (κ2) is 37.6. The second-order valence-electron chi connectivity index (χ2n) is 38.1. The highest BCUT2D eigenvalue weighted by atomic mass is 15.0. The molecule has 0 aliphatic heterocycles. The summed E-state index contributed by atoms with van der Waals surface area (Å²) in [5, 5.41) is 20.0. The number of para-hydroxylation sites is 9. The van der Waals surface area contributed by atoms with Crippen molar-refractivity contribution in [3.8, 4) is 72.9 Å². The summed E-state index contributed by atoms with van der Waals surface area (Å²) in [6.45, 7) is 4.71. The van der Waals surface area contributed by atoms with Gasteiger partial charge in [0.2, 0.25) is 0 Å². The third-order valence-electron chi connectivity index (χ3n) is 28.9. The largest absolute Gasteiger partial charge is 0.355 e. The molecule has 5 heterocycles. The summed E-state index contributed by atoms with van der Waals surface area (Å²) < 4.78 is 11.9. The standard InChI is InChI=1S/C42H29N3.C34H27N.C31H23N.C30H22N2/c1-3-11-29(12-4-1)30-19-23-34(24-20-30)45-40-18-10-8-16-36(40)38-26-22-32(28-42(38)45)43-31-21-25-37-35-15-7-9-17-39(35)44(41(37)27-31)33-13-5-2-6-14-33;1-34(2)30-14-8-6-12-26(30)27-18-16-23(21-31(27)34)20-24-17-19-29-28-13-7-9-15-32(28)35(33(29)22-24)25-10-4-3-5-11-25;1-3-9-25(10-4-1)26-18-15-23(16-19-26)21-24-17-20-29-28-13-7-8-14-30(28)32(31(29)22-24)27-11-5-2-6-12-27;1-3-9-22(10-4-1)23-15-18-26(19-16-23)32-29-14-8-7-13-27(29)28-20-17-25(21-30(28)32)31-24-11-5-2-6-12-24/h1-28,43H;3-19,21-22H,20H2,1-2H3;1-20,22H,21H2;1-21,31H. The van der Waals surface area contributed by atoms with Crippen LogP contribution < -0.4 is 10.6 Å². The van der Waals surface area contributed by atoms with Crippen molar-refractivity contribution in [3.05, 3.63) is 573 Å². The van der Waals surface area contributed by atoms with E-state index >= 15 is 0 Å². The lowest BCUT2D eigenvalue weighted by molar-refractivity contribution is 0.659. The Bertz CT molecular complexity index is 9410. The third kappa shape index (κ3) is 16.4. The maximum atomic E-state index is 3.74. The molecule has 0 spiro atoms. The Balaban J connectivity index is 0.000000102. The molecule has 0 bridgehead atoms. The summed E-state index contributed by atoms with van der Waals surface area (Å²) in [4.78, 5) is 0. The molecule has 7 nitrogen and oxygen atoms in total. The molecule has 0 radical (unpaired) electrons. The maximum Gasteiger partial charge on any atom is 0.0561 e. The highest BCUT2D eigenvalue weighted by molar-refractivity contribution is 6.15. The van der Waals surface area contributed by atoms with Crippen molar-refractivity contribution in [2.75, 3.05) is 10.6 Å². The van der Waals surface area contributed by atoms with E-state index in [1.165, 1.54) is 198 Å². The van der Waals surface area contributed by atoms with Crippen LogP contribution in [0.5, 0.6) is 0 Å². The van der Waals surface area contributed by atoms with E-state index < -0.39 is 0 Å². The first-order chi connectivity index (χ1) is 71.2. The SMILES string of the molecule is CC1(C)c2ccccc2-c2ccc(Cc3ccc4c5ccccc5n(-c5ccccc5)c4c3)cc21.c1ccc(-c2ccc(-n3c4ccccc4c4ccc(Nc5ccc6c7ccccc7n(-c7ccccc7)c6c5)cc43)cc2)cc1.c1ccc(-c2ccc(Cc3ccc4c5ccccc5n(-c5ccccc5)c4c3)cc2)cc1.c1ccc(Nc2ccc3c4ccccc4n(-c4ccc(-c5ccccc5)cc4)c3c2)cc1. The lowest BCUT2D eigenvalue weighted by Gasteiger charge is -2.22. The molecule has 7 heteroatoms. The van der Waals surface area contributed by atoms with E-state index in [4.69, 9.17) is 0 Å². The Morgan fingerprint density at radius 1 is 0.160 bits per heavy atom. The summed E-state index contributed by atoms with van der Waals surface area (Å²) in [6, 6.07) is 194. The Morgan fingerprint density at radius 3 is 0.757 bits per heavy atom. The van der Waals surface area contributed by atoms with Crippen LogP contribution >= 0.6 is 0 Å². The van der Waals surface area contributed by atoms with Gasteiger partial charge in [-0.15, -0.1) is 0 Å². The molecule has 27 aromatic rings. The minimum absolute atomic E-state index is 0.0334. The minimum atomic E-state index is 0.0334. The van der Waals surface area contributed by atoms with E-state index in [0.29, 0.717) is 0 Å². The Hall–Kier alpha value is -18.6. The van der Waals surface area contributed by atoms with Crippen LogP contribution in [-0.2, 0) is 18.3 Å². The first-order valence-corrected chi connectivity index (χ1v) is 49.7. The van der Waals surface area contributed by atoms with Crippen LogP contribution in [0.3, 0.4) is 0 Å². The molecule has 2 N–H and O–H groups in total. The summed E-state index contributed by atoms with van der Waals surface area (Å²) in [7, 11) is 0. The quantitative estimate of drug-likeness (QED) is 0.101. The number of nitrogens with zero attached hydrogens (tertiary/aromatic N) is 5. The molecule has 0 saturated carbocycles. The molecule has 0 amide bonds. The summed E-state index contributed by atoms with van der Waals surface area (Å²) in [6.07, 6.45) is 1.84. The number of hydrogen-bond donors (Lipinski definition) is 2. The summed E-state index contributed by atoms with van der Waals surface area (Å²) in [5.41, 5.74) is 40.8. The van der Waals surface area contributed by atoms with Gasteiger partial charge in [0.25, 0.3) is 0 Å². The zero-order valence-electron chi connectivity index (χ0n) is 80.0. The van der Waals surface area contributed by atoms with Gasteiger partial charge in [0, 0.05) is 110 Å². The van der Waals surface area contributed by atoms with Gasteiger partial charge in [0.05, 0.1) is 55.2 Å². The lowest BCUT2D eigenvalue weighted by atomic mass is 9.81. The number of aromatic nitrogens is 5. The van der Waals surface area contributed by atoms with Gasteiger partial charge in [-0.05, 0) is 242 Å². The normalized spacial score (nSPS) is 11.9. The number of nitrogens with one attached hydrogen (secondary N) is 2. The fourth-order valence-electron chi connectivity index (χ4n) is 22.0. The average molecular weight is 1850 g/mol. The van der Waals surface area contributed by atoms with Gasteiger partial charge in [-0.25, -0.2) is 0 Å². The van der Waals surface area contributed by atoms with Gasteiger partial charge in [0.15, 0.2) is 0 Å². The van der Waals surface area contributed by atoms with Crippen molar-refractivity contribution >= 4 is 132 Å². The molecule has 22 aromatic carbocycles. The van der Waals surface area contributed by atoms with E-state index in [-0.39, 0.29) is 5.41 Å². The molecule has 0 saturated heterocycles. The van der Waals surface area contributed by atoms with Gasteiger partial charge in [-0.2, -0.15) is 0 Å². The van der Waals surface area contributed by atoms with Gasteiger partial charge in [0.1, 0.15) is 0 Å². The summed E-state index contributed by atoms with van der Waals surface area (Å²) >= 11 is 0. The number of benzene rings is 22. The molecule has 144 heavy (non-hydrogen) atoms. The van der Waals surface area contributed by atoms with Crippen molar-refractivity contribution in [3.63, 3.8) is 0 Å². The van der Waals surface area contributed by atoms with E-state index in [2.05, 4.69) is 569 Å².